The van der Waals surface area contributed by atoms with E-state index >= 15 is 0 Å². The first-order valence-electron chi connectivity index (χ1n) is 16.9. The van der Waals surface area contributed by atoms with Gasteiger partial charge in [-0.05, 0) is 201 Å². The van der Waals surface area contributed by atoms with Crippen molar-refractivity contribution in [2.24, 2.45) is 0 Å². The fraction of sp³-hybridized carbons (Fsp3) is 0.462. The van der Waals surface area contributed by atoms with Gasteiger partial charge in [0.15, 0.2) is 0 Å². The van der Waals surface area contributed by atoms with Crippen LogP contribution in [0.15, 0.2) is 86.6 Å². The number of halogens is 3. The van der Waals surface area contributed by atoms with Gasteiger partial charge in [0.25, 0.3) is 0 Å². The molecule has 3 heterocycles. The van der Waals surface area contributed by atoms with E-state index in [0.717, 1.165) is 69.4 Å². The van der Waals surface area contributed by atoms with E-state index in [4.69, 9.17) is 0 Å². The zero-order chi connectivity index (χ0) is 34.6. The summed E-state index contributed by atoms with van der Waals surface area (Å²) in [5.41, 5.74) is 7.52. The van der Waals surface area contributed by atoms with E-state index < -0.39 is 0 Å². The van der Waals surface area contributed by atoms with Crippen LogP contribution in [0.25, 0.3) is 16.7 Å². The van der Waals surface area contributed by atoms with Gasteiger partial charge in [-0.3, -0.25) is 0 Å². The van der Waals surface area contributed by atoms with E-state index in [9.17, 15) is 0 Å². The van der Waals surface area contributed by atoms with Crippen molar-refractivity contribution in [1.82, 2.24) is 29.7 Å². The lowest BCUT2D eigenvalue weighted by molar-refractivity contribution is 0.277. The van der Waals surface area contributed by atoms with Crippen LogP contribution in [0.2, 0.25) is 0 Å². The Morgan fingerprint density at radius 1 is 0.458 bits per heavy atom. The Bertz CT molecular complexity index is 1380. The van der Waals surface area contributed by atoms with Crippen molar-refractivity contribution in [3.8, 4) is 0 Å². The fourth-order valence-corrected chi connectivity index (χ4v) is 7.36. The van der Waals surface area contributed by atoms with Gasteiger partial charge in [0.1, 0.15) is 13.8 Å². The Hall–Kier alpha value is -2.01. The smallest absolute Gasteiger partial charge is 0.106 e. The first-order valence-corrected chi connectivity index (χ1v) is 19.3. The second kappa shape index (κ2) is 19.4. The van der Waals surface area contributed by atoms with E-state index in [1.165, 1.54) is 36.0 Å². The maximum atomic E-state index is 4.50. The lowest BCUT2D eigenvalue weighted by Gasteiger charge is -2.27. The standard InChI is InChI=1S/3C13H17BrN2/c3*1-16(2)11-8-6-10(7-9-11)12-4-3-5-13(14)15-12/h3*3-6,11H,7-9H2,1-2H3. The summed E-state index contributed by atoms with van der Waals surface area (Å²) in [5, 5.41) is 0. The molecule has 3 aliphatic carbocycles. The largest absolute Gasteiger partial charge is 0.306 e. The highest BCUT2D eigenvalue weighted by molar-refractivity contribution is 9.11. The molecule has 0 fully saturated rings. The van der Waals surface area contributed by atoms with Gasteiger partial charge in [-0.2, -0.15) is 0 Å². The normalized spacial score (nSPS) is 21.0. The number of pyridine rings is 3. The molecular weight excluding hydrogens is 792 g/mol. The molecule has 6 rings (SSSR count). The monoisotopic (exact) mass is 840 g/mol. The van der Waals surface area contributed by atoms with E-state index in [2.05, 4.69) is 156 Å². The third kappa shape index (κ3) is 12.1. The predicted molar refractivity (Wildman–Crippen MR) is 214 cm³/mol. The molecule has 3 aromatic rings. The summed E-state index contributed by atoms with van der Waals surface area (Å²) in [5.74, 6) is 0. The summed E-state index contributed by atoms with van der Waals surface area (Å²) in [7, 11) is 12.9. The summed E-state index contributed by atoms with van der Waals surface area (Å²) in [6.45, 7) is 0. The van der Waals surface area contributed by atoms with Crippen molar-refractivity contribution >= 4 is 64.5 Å². The van der Waals surface area contributed by atoms with Crippen LogP contribution in [0.5, 0.6) is 0 Å². The molecule has 0 radical (unpaired) electrons. The Kier molecular flexibility index (Phi) is 15.7. The summed E-state index contributed by atoms with van der Waals surface area (Å²) < 4.78 is 2.75. The van der Waals surface area contributed by atoms with Gasteiger partial charge in [0.05, 0.1) is 17.1 Å². The first-order chi connectivity index (χ1) is 23.0. The van der Waals surface area contributed by atoms with Crippen molar-refractivity contribution in [3.63, 3.8) is 0 Å². The van der Waals surface area contributed by atoms with Crippen molar-refractivity contribution in [2.45, 2.75) is 75.9 Å². The van der Waals surface area contributed by atoms with Crippen LogP contribution in [0, 0.1) is 0 Å². The Morgan fingerprint density at radius 3 is 0.917 bits per heavy atom. The highest BCUT2D eigenvalue weighted by Crippen LogP contribution is 2.30. The van der Waals surface area contributed by atoms with Crippen LogP contribution in [0.1, 0.15) is 74.9 Å². The molecule has 0 N–H and O–H groups in total. The van der Waals surface area contributed by atoms with Gasteiger partial charge < -0.3 is 14.7 Å². The van der Waals surface area contributed by atoms with Crippen LogP contribution >= 0.6 is 47.8 Å². The second-order valence-corrected chi connectivity index (χ2v) is 15.8. The third-order valence-corrected chi connectivity index (χ3v) is 10.8. The number of allylic oxidation sites excluding steroid dienone is 3. The van der Waals surface area contributed by atoms with E-state index in [0.29, 0.717) is 18.1 Å². The van der Waals surface area contributed by atoms with Crippen molar-refractivity contribution < 1.29 is 0 Å². The molecule has 3 atom stereocenters. The second-order valence-electron chi connectivity index (χ2n) is 13.4. The molecule has 0 aliphatic heterocycles. The van der Waals surface area contributed by atoms with Gasteiger partial charge in [-0.1, -0.05) is 36.4 Å². The summed E-state index contributed by atoms with van der Waals surface area (Å²) >= 11 is 10.3. The molecule has 3 aromatic heterocycles. The fourth-order valence-electron chi connectivity index (χ4n) is 6.33. The minimum absolute atomic E-state index is 0.691. The number of hydrogen-bond donors (Lipinski definition) is 0. The summed E-state index contributed by atoms with van der Waals surface area (Å²) in [6, 6.07) is 20.4. The van der Waals surface area contributed by atoms with Crippen LogP contribution in [-0.2, 0) is 0 Å². The van der Waals surface area contributed by atoms with Crippen molar-refractivity contribution in [3.05, 3.63) is 104 Å². The molecule has 0 saturated heterocycles. The lowest BCUT2D eigenvalue weighted by Crippen LogP contribution is -2.29. The molecule has 0 amide bonds. The summed E-state index contributed by atoms with van der Waals surface area (Å²) in [6.07, 6.45) is 17.5. The SMILES string of the molecule is CN(C)C1CC=C(c2cccc(Br)n2)CC1.CN(C)C1CC=C(c2cccc(Br)n2)CC1.CN(C)C1CC=C(c2cccc(Br)n2)CC1. The maximum Gasteiger partial charge on any atom is 0.106 e. The molecular formula is C39H51Br3N6. The van der Waals surface area contributed by atoms with Crippen LogP contribution in [0.3, 0.4) is 0 Å². The minimum Gasteiger partial charge on any atom is -0.306 e. The van der Waals surface area contributed by atoms with E-state index in [-0.39, 0.29) is 0 Å². The molecule has 0 aromatic carbocycles. The molecule has 3 aliphatic rings. The van der Waals surface area contributed by atoms with Gasteiger partial charge in [0, 0.05) is 18.1 Å². The maximum absolute atomic E-state index is 4.50. The first kappa shape index (κ1) is 38.8. The zero-order valence-corrected chi connectivity index (χ0v) is 34.1. The highest BCUT2D eigenvalue weighted by Gasteiger charge is 2.19. The predicted octanol–water partition coefficient (Wildman–Crippen LogP) is 10.0. The molecule has 0 spiro atoms. The van der Waals surface area contributed by atoms with E-state index in [1.807, 2.05) is 36.4 Å². The van der Waals surface area contributed by atoms with Crippen LogP contribution in [-0.4, -0.2) is 90.1 Å². The molecule has 0 bridgehead atoms. The van der Waals surface area contributed by atoms with Crippen LogP contribution in [0.4, 0.5) is 0 Å². The Morgan fingerprint density at radius 2 is 0.729 bits per heavy atom. The van der Waals surface area contributed by atoms with Gasteiger partial charge in [-0.25, -0.2) is 15.0 Å². The summed E-state index contributed by atoms with van der Waals surface area (Å²) in [4.78, 5) is 20.4. The number of nitrogens with zero attached hydrogens (tertiary/aromatic N) is 6. The topological polar surface area (TPSA) is 48.4 Å². The van der Waals surface area contributed by atoms with Gasteiger partial charge in [-0.15, -0.1) is 0 Å². The molecule has 48 heavy (non-hydrogen) atoms. The van der Waals surface area contributed by atoms with E-state index in [1.54, 1.807) is 0 Å². The number of hydrogen-bond acceptors (Lipinski definition) is 6. The molecule has 0 saturated carbocycles. The number of rotatable bonds is 6. The molecule has 9 heteroatoms. The average Bonchev–Trinajstić information content (AvgIpc) is 3.09. The highest BCUT2D eigenvalue weighted by atomic mass is 79.9. The minimum atomic E-state index is 0.691. The Labute approximate surface area is 314 Å². The molecule has 258 valence electrons. The quantitative estimate of drug-likeness (QED) is 0.231. The molecule has 6 nitrogen and oxygen atoms in total. The van der Waals surface area contributed by atoms with Crippen molar-refractivity contribution in [2.75, 3.05) is 42.3 Å². The van der Waals surface area contributed by atoms with Gasteiger partial charge >= 0.3 is 0 Å². The van der Waals surface area contributed by atoms with Crippen molar-refractivity contribution in [1.29, 1.82) is 0 Å². The Balaban J connectivity index is 0.000000163. The van der Waals surface area contributed by atoms with Crippen LogP contribution < -0.4 is 0 Å². The average molecular weight is 844 g/mol. The molecule has 3 unspecified atom stereocenters. The third-order valence-electron chi connectivity index (χ3n) is 9.47. The van der Waals surface area contributed by atoms with Gasteiger partial charge in [0.2, 0.25) is 0 Å². The number of aromatic nitrogens is 3. The zero-order valence-electron chi connectivity index (χ0n) is 29.3. The lowest BCUT2D eigenvalue weighted by atomic mass is 9.92.